The SMILES string of the molecule is CCCCCCCCCCC(O)CNCC(C)N. The highest BCUT2D eigenvalue weighted by Gasteiger charge is 2.03. The maximum Gasteiger partial charge on any atom is 0.0664 e. The van der Waals surface area contributed by atoms with Crippen molar-refractivity contribution in [3.05, 3.63) is 0 Å². The van der Waals surface area contributed by atoms with Gasteiger partial charge in [-0.2, -0.15) is 0 Å². The molecule has 0 rings (SSSR count). The van der Waals surface area contributed by atoms with Crippen LogP contribution < -0.4 is 11.1 Å². The minimum absolute atomic E-state index is 0.167. The second kappa shape index (κ2) is 13.3. The Labute approximate surface area is 114 Å². The fourth-order valence-corrected chi connectivity index (χ4v) is 2.09. The molecule has 0 spiro atoms. The van der Waals surface area contributed by atoms with Gasteiger partial charge in [0.1, 0.15) is 0 Å². The predicted molar refractivity (Wildman–Crippen MR) is 79.8 cm³/mol. The summed E-state index contributed by atoms with van der Waals surface area (Å²) in [5, 5.41) is 12.9. The van der Waals surface area contributed by atoms with E-state index in [1.165, 1.54) is 44.9 Å². The van der Waals surface area contributed by atoms with Gasteiger partial charge in [-0.15, -0.1) is 0 Å². The van der Waals surface area contributed by atoms with Crippen molar-refractivity contribution < 1.29 is 5.11 Å². The van der Waals surface area contributed by atoms with E-state index >= 15 is 0 Å². The number of unbranched alkanes of at least 4 members (excludes halogenated alkanes) is 7. The largest absolute Gasteiger partial charge is 0.392 e. The first-order valence-electron chi connectivity index (χ1n) is 7.81. The monoisotopic (exact) mass is 258 g/mol. The molecule has 0 aliphatic carbocycles. The molecule has 0 aromatic rings. The second-order valence-corrected chi connectivity index (χ2v) is 5.55. The van der Waals surface area contributed by atoms with Gasteiger partial charge in [0, 0.05) is 19.1 Å². The molecule has 0 aliphatic rings. The maximum absolute atomic E-state index is 9.73. The Hall–Kier alpha value is -0.120. The molecule has 2 atom stereocenters. The number of nitrogens with one attached hydrogen (secondary N) is 1. The van der Waals surface area contributed by atoms with Crippen LogP contribution in [0.25, 0.3) is 0 Å². The zero-order valence-corrected chi connectivity index (χ0v) is 12.5. The number of rotatable bonds is 13. The van der Waals surface area contributed by atoms with Gasteiger partial charge in [-0.25, -0.2) is 0 Å². The third kappa shape index (κ3) is 13.9. The summed E-state index contributed by atoms with van der Waals surface area (Å²) in [6.45, 7) is 5.69. The Kier molecular flexibility index (Phi) is 13.2. The Morgan fingerprint density at radius 2 is 1.50 bits per heavy atom. The van der Waals surface area contributed by atoms with Crippen molar-refractivity contribution >= 4 is 0 Å². The zero-order valence-electron chi connectivity index (χ0n) is 12.5. The molecule has 0 heterocycles. The average Bonchev–Trinajstić information content (AvgIpc) is 2.32. The third-order valence-corrected chi connectivity index (χ3v) is 3.24. The molecule has 0 bridgehead atoms. The van der Waals surface area contributed by atoms with E-state index in [0.717, 1.165) is 19.4 Å². The van der Waals surface area contributed by atoms with Crippen molar-refractivity contribution in [2.45, 2.75) is 83.8 Å². The van der Waals surface area contributed by atoms with Gasteiger partial charge in [-0.1, -0.05) is 58.3 Å². The number of hydrogen-bond donors (Lipinski definition) is 3. The summed E-state index contributed by atoms with van der Waals surface area (Å²) in [5.41, 5.74) is 5.62. The van der Waals surface area contributed by atoms with E-state index in [4.69, 9.17) is 5.73 Å². The first-order valence-corrected chi connectivity index (χ1v) is 7.81. The van der Waals surface area contributed by atoms with Crippen LogP contribution in [0.1, 0.15) is 71.6 Å². The van der Waals surface area contributed by atoms with Gasteiger partial charge < -0.3 is 16.2 Å². The van der Waals surface area contributed by atoms with E-state index in [2.05, 4.69) is 12.2 Å². The first kappa shape index (κ1) is 17.9. The molecule has 0 aromatic carbocycles. The molecule has 0 aromatic heterocycles. The van der Waals surface area contributed by atoms with Gasteiger partial charge in [0.2, 0.25) is 0 Å². The lowest BCUT2D eigenvalue weighted by atomic mass is 10.1. The summed E-state index contributed by atoms with van der Waals surface area (Å²) in [4.78, 5) is 0. The van der Waals surface area contributed by atoms with E-state index in [1.54, 1.807) is 0 Å². The van der Waals surface area contributed by atoms with E-state index in [0.29, 0.717) is 6.54 Å². The lowest BCUT2D eigenvalue weighted by Gasteiger charge is -2.13. The second-order valence-electron chi connectivity index (χ2n) is 5.55. The minimum atomic E-state index is -0.205. The molecular weight excluding hydrogens is 224 g/mol. The molecule has 2 unspecified atom stereocenters. The maximum atomic E-state index is 9.73. The fourth-order valence-electron chi connectivity index (χ4n) is 2.09. The van der Waals surface area contributed by atoms with Crippen molar-refractivity contribution in [2.75, 3.05) is 13.1 Å². The summed E-state index contributed by atoms with van der Waals surface area (Å²) in [6, 6.07) is 0.167. The first-order chi connectivity index (χ1) is 8.66. The molecule has 3 heteroatoms. The van der Waals surface area contributed by atoms with E-state index in [-0.39, 0.29) is 12.1 Å². The van der Waals surface area contributed by atoms with Crippen molar-refractivity contribution in [3.63, 3.8) is 0 Å². The van der Waals surface area contributed by atoms with Gasteiger partial charge in [0.25, 0.3) is 0 Å². The quantitative estimate of drug-likeness (QED) is 0.445. The van der Waals surface area contributed by atoms with Crippen molar-refractivity contribution in [3.8, 4) is 0 Å². The summed E-state index contributed by atoms with van der Waals surface area (Å²) in [7, 11) is 0. The lowest BCUT2D eigenvalue weighted by Crippen LogP contribution is -2.35. The van der Waals surface area contributed by atoms with Crippen LogP contribution in [0.4, 0.5) is 0 Å². The van der Waals surface area contributed by atoms with Crippen molar-refractivity contribution in [1.82, 2.24) is 5.32 Å². The Balaban J connectivity index is 3.12. The minimum Gasteiger partial charge on any atom is -0.392 e. The van der Waals surface area contributed by atoms with E-state index < -0.39 is 0 Å². The number of nitrogens with two attached hydrogens (primary N) is 1. The lowest BCUT2D eigenvalue weighted by molar-refractivity contribution is 0.157. The zero-order chi connectivity index (χ0) is 13.6. The van der Waals surface area contributed by atoms with Crippen molar-refractivity contribution in [1.29, 1.82) is 0 Å². The highest BCUT2D eigenvalue weighted by molar-refractivity contribution is 4.63. The summed E-state index contributed by atoms with van der Waals surface area (Å²) < 4.78 is 0. The molecule has 4 N–H and O–H groups in total. The molecule has 18 heavy (non-hydrogen) atoms. The number of hydrogen-bond acceptors (Lipinski definition) is 3. The van der Waals surface area contributed by atoms with Gasteiger partial charge in [0.15, 0.2) is 0 Å². The Bertz CT molecular complexity index is 163. The molecule has 0 radical (unpaired) electrons. The fraction of sp³-hybridized carbons (Fsp3) is 1.00. The van der Waals surface area contributed by atoms with Gasteiger partial charge in [-0.3, -0.25) is 0 Å². The van der Waals surface area contributed by atoms with Gasteiger partial charge in [-0.05, 0) is 13.3 Å². The molecular formula is C15H34N2O. The molecule has 0 saturated carbocycles. The Morgan fingerprint density at radius 3 is 2.06 bits per heavy atom. The normalized spacial score (nSPS) is 14.7. The predicted octanol–water partition coefficient (Wildman–Crippen LogP) is 2.81. The number of aliphatic hydroxyl groups is 1. The highest BCUT2D eigenvalue weighted by Crippen LogP contribution is 2.10. The van der Waals surface area contributed by atoms with Crippen LogP contribution >= 0.6 is 0 Å². The van der Waals surface area contributed by atoms with Crippen LogP contribution in [0.2, 0.25) is 0 Å². The third-order valence-electron chi connectivity index (χ3n) is 3.24. The molecule has 0 fully saturated rings. The van der Waals surface area contributed by atoms with Crippen LogP contribution in [0, 0.1) is 0 Å². The molecule has 0 amide bonds. The Morgan fingerprint density at radius 1 is 0.944 bits per heavy atom. The van der Waals surface area contributed by atoms with Gasteiger partial charge in [0.05, 0.1) is 6.10 Å². The van der Waals surface area contributed by atoms with Crippen LogP contribution in [0.3, 0.4) is 0 Å². The molecule has 0 saturated heterocycles. The highest BCUT2D eigenvalue weighted by atomic mass is 16.3. The summed E-state index contributed by atoms with van der Waals surface area (Å²) in [6.07, 6.45) is 11.3. The van der Waals surface area contributed by atoms with Crippen molar-refractivity contribution in [2.24, 2.45) is 5.73 Å². The van der Waals surface area contributed by atoms with E-state index in [9.17, 15) is 5.11 Å². The smallest absolute Gasteiger partial charge is 0.0664 e. The molecule has 0 aliphatic heterocycles. The van der Waals surface area contributed by atoms with Crippen LogP contribution in [0.5, 0.6) is 0 Å². The molecule has 110 valence electrons. The number of aliphatic hydroxyl groups excluding tert-OH is 1. The average molecular weight is 258 g/mol. The van der Waals surface area contributed by atoms with Crippen LogP contribution in [-0.2, 0) is 0 Å². The standard InChI is InChI=1S/C15H34N2O/c1-3-4-5-6-7-8-9-10-11-15(18)13-17-12-14(2)16/h14-15,17-18H,3-13,16H2,1-2H3. The van der Waals surface area contributed by atoms with E-state index in [1.807, 2.05) is 6.92 Å². The summed E-state index contributed by atoms with van der Waals surface area (Å²) >= 11 is 0. The van der Waals surface area contributed by atoms with Crippen LogP contribution in [-0.4, -0.2) is 30.3 Å². The van der Waals surface area contributed by atoms with Crippen LogP contribution in [0.15, 0.2) is 0 Å². The topological polar surface area (TPSA) is 58.3 Å². The molecule has 3 nitrogen and oxygen atoms in total. The summed E-state index contributed by atoms with van der Waals surface area (Å²) in [5.74, 6) is 0. The van der Waals surface area contributed by atoms with Gasteiger partial charge >= 0.3 is 0 Å².